The van der Waals surface area contributed by atoms with Crippen molar-refractivity contribution in [1.82, 2.24) is 24.1 Å². The molecule has 4 aromatic heterocycles. The molecule has 0 saturated heterocycles. The van der Waals surface area contributed by atoms with Crippen LogP contribution in [0.5, 0.6) is 0 Å². The molecular formula is C34H23N5S. The number of aryl methyl sites for hydroxylation is 1. The predicted octanol–water partition coefficient (Wildman–Crippen LogP) is 8.52. The molecule has 4 aromatic carbocycles. The summed E-state index contributed by atoms with van der Waals surface area (Å²) in [6, 6.07) is 36.2. The van der Waals surface area contributed by atoms with E-state index >= 15 is 0 Å². The molecule has 190 valence electrons. The molecule has 0 saturated carbocycles. The van der Waals surface area contributed by atoms with E-state index in [4.69, 9.17) is 9.97 Å². The van der Waals surface area contributed by atoms with E-state index in [2.05, 4.69) is 106 Å². The summed E-state index contributed by atoms with van der Waals surface area (Å²) in [7, 11) is 2.08. The summed E-state index contributed by atoms with van der Waals surface area (Å²) >= 11 is 1.64. The first kappa shape index (κ1) is 22.9. The Morgan fingerprint density at radius 2 is 1.48 bits per heavy atom. The van der Waals surface area contributed by atoms with Crippen molar-refractivity contribution in [2.24, 2.45) is 7.05 Å². The van der Waals surface area contributed by atoms with Crippen molar-refractivity contribution in [3.63, 3.8) is 0 Å². The number of hydrogen-bond donors (Lipinski definition) is 0. The number of fused-ring (bicyclic) bond motifs is 4. The molecule has 0 aliphatic carbocycles. The quantitative estimate of drug-likeness (QED) is 0.228. The molecule has 0 aliphatic rings. The van der Waals surface area contributed by atoms with Crippen LogP contribution in [0.4, 0.5) is 0 Å². The van der Waals surface area contributed by atoms with E-state index in [0.29, 0.717) is 0 Å². The summed E-state index contributed by atoms with van der Waals surface area (Å²) in [5.41, 5.74) is 9.65. The van der Waals surface area contributed by atoms with Crippen LogP contribution in [0.2, 0.25) is 0 Å². The van der Waals surface area contributed by atoms with Crippen LogP contribution in [0.25, 0.3) is 71.7 Å². The fourth-order valence-corrected chi connectivity index (χ4v) is 6.42. The summed E-state index contributed by atoms with van der Waals surface area (Å²) in [5, 5.41) is 5.43. The van der Waals surface area contributed by atoms with Gasteiger partial charge in [0.1, 0.15) is 10.8 Å². The fraction of sp³-hybridized carbons (Fsp3) is 0.0294. The maximum Gasteiger partial charge on any atom is 0.140 e. The number of aromatic nitrogens is 5. The number of benzene rings is 4. The summed E-state index contributed by atoms with van der Waals surface area (Å²) < 4.78 is 4.53. The average molecular weight is 534 g/mol. The van der Waals surface area contributed by atoms with Gasteiger partial charge in [-0.2, -0.15) is 0 Å². The fourth-order valence-electron chi connectivity index (χ4n) is 5.74. The Hall–Kier alpha value is -5.07. The van der Waals surface area contributed by atoms with E-state index in [0.717, 1.165) is 61.0 Å². The smallest absolute Gasteiger partial charge is 0.140 e. The molecule has 0 atom stereocenters. The second-order valence-electron chi connectivity index (χ2n) is 9.85. The van der Waals surface area contributed by atoms with Crippen molar-refractivity contribution in [1.29, 1.82) is 0 Å². The van der Waals surface area contributed by atoms with Crippen LogP contribution in [-0.4, -0.2) is 24.1 Å². The van der Waals surface area contributed by atoms with Gasteiger partial charge in [-0.15, -0.1) is 11.3 Å². The van der Waals surface area contributed by atoms with Gasteiger partial charge < -0.3 is 9.13 Å². The highest BCUT2D eigenvalue weighted by Gasteiger charge is 2.18. The first-order valence-corrected chi connectivity index (χ1v) is 14.0. The SMILES string of the molecule is Cn1c(-c2ccc3c4ccccc4n(-c4ccc(-c5nccs5)c(-c5ccccn5)c4)c3c2)nc2ccccc21. The van der Waals surface area contributed by atoms with Crippen LogP contribution in [0.1, 0.15) is 0 Å². The molecule has 6 heteroatoms. The van der Waals surface area contributed by atoms with Gasteiger partial charge in [-0.1, -0.05) is 48.5 Å². The van der Waals surface area contributed by atoms with E-state index in [1.54, 1.807) is 11.3 Å². The minimum atomic E-state index is 0.927. The molecule has 4 heterocycles. The Bertz CT molecular complexity index is 2170. The van der Waals surface area contributed by atoms with Gasteiger partial charge in [0.25, 0.3) is 0 Å². The standard InChI is InChI=1S/C34H23N5S/c1-38-31-12-5-3-10-29(31)37-33(38)22-13-15-25-24-8-2-4-11-30(24)39(32(25)20-22)23-14-16-26(34-36-18-19-40-34)27(21-23)28-9-6-7-17-35-28/h2-21H,1H3. The third-order valence-electron chi connectivity index (χ3n) is 7.58. The van der Waals surface area contributed by atoms with Gasteiger partial charge >= 0.3 is 0 Å². The van der Waals surface area contributed by atoms with E-state index in [-0.39, 0.29) is 0 Å². The van der Waals surface area contributed by atoms with Crippen molar-refractivity contribution in [3.8, 4) is 38.9 Å². The Labute approximate surface area is 234 Å². The van der Waals surface area contributed by atoms with Crippen LogP contribution in [0.15, 0.2) is 121 Å². The van der Waals surface area contributed by atoms with Gasteiger partial charge in [0, 0.05) is 58.0 Å². The molecule has 0 radical (unpaired) electrons. The molecular weight excluding hydrogens is 510 g/mol. The third kappa shape index (κ3) is 3.50. The predicted molar refractivity (Wildman–Crippen MR) is 165 cm³/mol. The molecule has 8 aromatic rings. The molecule has 0 amide bonds. The zero-order chi connectivity index (χ0) is 26.6. The second-order valence-corrected chi connectivity index (χ2v) is 10.7. The highest BCUT2D eigenvalue weighted by molar-refractivity contribution is 7.13. The molecule has 0 unspecified atom stereocenters. The van der Waals surface area contributed by atoms with Gasteiger partial charge in [-0.3, -0.25) is 4.98 Å². The number of para-hydroxylation sites is 3. The van der Waals surface area contributed by atoms with E-state index in [1.807, 2.05) is 36.0 Å². The largest absolute Gasteiger partial charge is 0.327 e. The van der Waals surface area contributed by atoms with Crippen LogP contribution in [0.3, 0.4) is 0 Å². The highest BCUT2D eigenvalue weighted by atomic mass is 32.1. The summed E-state index contributed by atoms with van der Waals surface area (Å²) in [5.74, 6) is 0.952. The Morgan fingerprint density at radius 3 is 2.30 bits per heavy atom. The Morgan fingerprint density at radius 1 is 0.650 bits per heavy atom. The van der Waals surface area contributed by atoms with Gasteiger partial charge in [-0.25, -0.2) is 9.97 Å². The number of hydrogen-bond acceptors (Lipinski definition) is 4. The minimum Gasteiger partial charge on any atom is -0.327 e. The Kier molecular flexibility index (Phi) is 5.15. The molecule has 8 rings (SSSR count). The van der Waals surface area contributed by atoms with Crippen LogP contribution in [-0.2, 0) is 7.05 Å². The lowest BCUT2D eigenvalue weighted by molar-refractivity contribution is 0.959. The third-order valence-corrected chi connectivity index (χ3v) is 8.39. The molecule has 0 spiro atoms. The van der Waals surface area contributed by atoms with E-state index in [9.17, 15) is 0 Å². The highest BCUT2D eigenvalue weighted by Crippen LogP contribution is 2.38. The maximum absolute atomic E-state index is 4.98. The number of nitrogens with zero attached hydrogens (tertiary/aromatic N) is 5. The van der Waals surface area contributed by atoms with Crippen LogP contribution < -0.4 is 0 Å². The molecule has 0 fully saturated rings. The molecule has 0 aliphatic heterocycles. The number of imidazole rings is 1. The van der Waals surface area contributed by atoms with Gasteiger partial charge in [0.05, 0.1) is 27.8 Å². The normalized spacial score (nSPS) is 11.6. The number of rotatable bonds is 4. The lowest BCUT2D eigenvalue weighted by Gasteiger charge is -2.13. The Balaban J connectivity index is 1.40. The monoisotopic (exact) mass is 533 g/mol. The second kappa shape index (κ2) is 9.00. The first-order chi connectivity index (χ1) is 19.8. The van der Waals surface area contributed by atoms with Gasteiger partial charge in [0.2, 0.25) is 0 Å². The van der Waals surface area contributed by atoms with Crippen molar-refractivity contribution in [2.75, 3.05) is 0 Å². The molecule has 5 nitrogen and oxygen atoms in total. The zero-order valence-electron chi connectivity index (χ0n) is 21.7. The molecule has 0 N–H and O–H groups in total. The summed E-state index contributed by atoms with van der Waals surface area (Å²) in [6.45, 7) is 0. The van der Waals surface area contributed by atoms with Gasteiger partial charge in [-0.05, 0) is 54.6 Å². The first-order valence-electron chi connectivity index (χ1n) is 13.2. The lowest BCUT2D eigenvalue weighted by atomic mass is 10.0. The topological polar surface area (TPSA) is 48.5 Å². The summed E-state index contributed by atoms with van der Waals surface area (Å²) in [4.78, 5) is 14.3. The van der Waals surface area contributed by atoms with Gasteiger partial charge in [0.15, 0.2) is 0 Å². The van der Waals surface area contributed by atoms with Crippen LogP contribution in [0, 0.1) is 0 Å². The molecule has 0 bridgehead atoms. The number of pyridine rings is 1. The van der Waals surface area contributed by atoms with Crippen molar-refractivity contribution >= 4 is 44.2 Å². The average Bonchev–Trinajstić information content (AvgIpc) is 3.74. The zero-order valence-corrected chi connectivity index (χ0v) is 22.5. The van der Waals surface area contributed by atoms with Crippen LogP contribution >= 0.6 is 11.3 Å². The maximum atomic E-state index is 4.98. The molecule has 40 heavy (non-hydrogen) atoms. The lowest BCUT2D eigenvalue weighted by Crippen LogP contribution is -1.97. The minimum absolute atomic E-state index is 0.927. The van der Waals surface area contributed by atoms with Crippen molar-refractivity contribution in [2.45, 2.75) is 0 Å². The van der Waals surface area contributed by atoms with Crippen molar-refractivity contribution in [3.05, 3.63) is 121 Å². The van der Waals surface area contributed by atoms with E-state index in [1.165, 1.54) is 10.8 Å². The van der Waals surface area contributed by atoms with E-state index < -0.39 is 0 Å². The number of thiazole rings is 1. The summed E-state index contributed by atoms with van der Waals surface area (Å²) in [6.07, 6.45) is 3.70. The van der Waals surface area contributed by atoms with Crippen molar-refractivity contribution < 1.29 is 0 Å².